The molecular formula is C69H70IN3. The highest BCUT2D eigenvalue weighted by atomic mass is 127. The Bertz CT molecular complexity index is 3370. The summed E-state index contributed by atoms with van der Waals surface area (Å²) in [5.74, 6) is 0.463. The molecule has 0 aromatic heterocycles. The normalized spacial score (nSPS) is 19.3. The quantitative estimate of drug-likeness (QED) is 0.0794. The average Bonchev–Trinajstić information content (AvgIpc) is 3.89. The van der Waals surface area contributed by atoms with Crippen LogP contribution in [0.2, 0.25) is 0 Å². The molecule has 2 aliphatic carbocycles. The third kappa shape index (κ3) is 9.76. The van der Waals surface area contributed by atoms with E-state index < -0.39 is 21.0 Å². The summed E-state index contributed by atoms with van der Waals surface area (Å²) in [6.07, 6.45) is 22.4. The number of benzene rings is 7. The molecule has 0 bridgehead atoms. The Morgan fingerprint density at radius 1 is 0.616 bits per heavy atom. The van der Waals surface area contributed by atoms with E-state index in [1.54, 1.807) is 9.21 Å². The Balaban J connectivity index is 0.971. The predicted molar refractivity (Wildman–Crippen MR) is 322 cm³/mol. The minimum atomic E-state index is -0.424. The average molecular weight is 1070 g/mol. The summed E-state index contributed by atoms with van der Waals surface area (Å²) >= 11 is -0.424. The molecule has 368 valence electrons. The monoisotopic (exact) mass is 1070 g/mol. The predicted octanol–water partition coefficient (Wildman–Crippen LogP) is 18.2. The van der Waals surface area contributed by atoms with E-state index in [0.29, 0.717) is 5.92 Å². The molecule has 0 spiro atoms. The Labute approximate surface area is 445 Å². The van der Waals surface area contributed by atoms with Crippen molar-refractivity contribution in [3.63, 3.8) is 0 Å². The first kappa shape index (κ1) is 48.8. The SMILES string of the molecule is CC1=CC=C2C(C1)C(C)(C)C(/C=C/C1=C(N(c3ccccc3)c3ccccc3)C(=C/C=C3/N(CCCc4cccc5ccccc45)c4ccc(C)cc4C3(C)C)/CC1)=IN2CCCc1cccc2ccccc12. The van der Waals surface area contributed by atoms with Gasteiger partial charge in [0.25, 0.3) is 0 Å². The number of hydrogen-bond donors (Lipinski definition) is 0. The van der Waals surface area contributed by atoms with E-state index >= 15 is 0 Å². The minimum Gasteiger partial charge on any atom is -0.344 e. The highest BCUT2D eigenvalue weighted by Gasteiger charge is 2.42. The second-order valence-electron chi connectivity index (χ2n) is 21.8. The lowest BCUT2D eigenvalue weighted by Gasteiger charge is -2.46. The standard InChI is InChI=1S/C69H70IN3/c1-49-35-41-63-61(47-49)69(5,6)66(71(63)45-19-27-53-25-17-23-51-21-13-15-33-59(51)53)44-40-56-38-37-55(67(56)73(57-29-9-7-10-30-57)58-31-11-8-12-32-58)39-43-65-68(3,4)62-48-50(2)36-42-64(62)72(70-65)46-20-28-54-26-18-24-52-22-14-16-34-60(52)54/h7-18,21-26,29-36,39-44,47,62H,19-20,27-28,37-38,45-46,48H2,1-6H3/b43-39+,56-40+,66-44+. The zero-order chi connectivity index (χ0) is 50.1. The van der Waals surface area contributed by atoms with Gasteiger partial charge < -0.3 is 12.9 Å². The summed E-state index contributed by atoms with van der Waals surface area (Å²) in [6.45, 7) is 16.5. The van der Waals surface area contributed by atoms with E-state index in [-0.39, 0.29) is 10.8 Å². The molecular weight excluding hydrogens is 998 g/mol. The lowest BCUT2D eigenvalue weighted by atomic mass is 9.70. The summed E-state index contributed by atoms with van der Waals surface area (Å²) < 4.78 is 4.46. The van der Waals surface area contributed by atoms with Gasteiger partial charge in [-0.05, 0) is 151 Å². The van der Waals surface area contributed by atoms with Crippen molar-refractivity contribution in [2.24, 2.45) is 11.3 Å². The Morgan fingerprint density at radius 2 is 1.22 bits per heavy atom. The van der Waals surface area contributed by atoms with Crippen LogP contribution < -0.4 is 9.80 Å². The number of para-hydroxylation sites is 2. The fourth-order valence-electron chi connectivity index (χ4n) is 12.2. The van der Waals surface area contributed by atoms with Gasteiger partial charge in [-0.1, -0.05) is 197 Å². The second-order valence-corrected chi connectivity index (χ2v) is 24.6. The van der Waals surface area contributed by atoms with Crippen LogP contribution in [0.5, 0.6) is 0 Å². The van der Waals surface area contributed by atoms with Gasteiger partial charge in [0.05, 0.1) is 5.70 Å². The molecule has 1 unspecified atom stereocenters. The molecule has 2 aliphatic heterocycles. The molecule has 4 aliphatic rings. The van der Waals surface area contributed by atoms with Crippen molar-refractivity contribution in [2.45, 2.75) is 91.9 Å². The summed E-state index contributed by atoms with van der Waals surface area (Å²) in [5.41, 5.74) is 17.8. The van der Waals surface area contributed by atoms with Gasteiger partial charge in [0.1, 0.15) is 0 Å². The van der Waals surface area contributed by atoms with Crippen LogP contribution in [0.4, 0.5) is 17.1 Å². The topological polar surface area (TPSA) is 9.72 Å². The maximum atomic E-state index is 2.83. The van der Waals surface area contributed by atoms with E-state index in [1.165, 1.54) is 89.0 Å². The van der Waals surface area contributed by atoms with E-state index in [1.807, 2.05) is 0 Å². The molecule has 4 heteroatoms. The third-order valence-electron chi connectivity index (χ3n) is 16.2. The third-order valence-corrected chi connectivity index (χ3v) is 20.1. The van der Waals surface area contributed by atoms with Gasteiger partial charge in [0, 0.05) is 82.8 Å². The second kappa shape index (κ2) is 20.8. The van der Waals surface area contributed by atoms with E-state index in [2.05, 4.69) is 255 Å². The lowest BCUT2D eigenvalue weighted by Crippen LogP contribution is -2.41. The van der Waals surface area contributed by atoms with Gasteiger partial charge >= 0.3 is 0 Å². The van der Waals surface area contributed by atoms with Crippen LogP contribution in [-0.4, -0.2) is 19.7 Å². The number of hydrogen-bond acceptors (Lipinski definition) is 3. The van der Waals surface area contributed by atoms with Crippen LogP contribution in [0.25, 0.3) is 21.5 Å². The number of aryl methyl sites for hydroxylation is 3. The Kier molecular flexibility index (Phi) is 13.9. The molecule has 1 atom stereocenters. The molecule has 0 saturated heterocycles. The number of allylic oxidation sites excluding steroid dienone is 11. The first-order valence-electron chi connectivity index (χ1n) is 26.8. The molecule has 11 rings (SSSR count). The van der Waals surface area contributed by atoms with E-state index in [4.69, 9.17) is 0 Å². The highest BCUT2D eigenvalue weighted by Crippen LogP contribution is 2.51. The highest BCUT2D eigenvalue weighted by molar-refractivity contribution is 14.2. The van der Waals surface area contributed by atoms with Gasteiger partial charge in [-0.2, -0.15) is 0 Å². The molecule has 0 saturated carbocycles. The smallest absolute Gasteiger partial charge is 0.0525 e. The maximum Gasteiger partial charge on any atom is 0.0525 e. The van der Waals surface area contributed by atoms with Crippen molar-refractivity contribution in [3.05, 3.63) is 256 Å². The number of nitrogens with zero attached hydrogens (tertiary/aromatic N) is 3. The summed E-state index contributed by atoms with van der Waals surface area (Å²) in [4.78, 5) is 5.19. The Morgan fingerprint density at radius 3 is 1.88 bits per heavy atom. The van der Waals surface area contributed by atoms with Crippen molar-refractivity contribution in [3.8, 4) is 0 Å². The van der Waals surface area contributed by atoms with Crippen LogP contribution >= 0.6 is 21.0 Å². The number of halogens is 1. The van der Waals surface area contributed by atoms with Crippen molar-refractivity contribution >= 4 is 63.1 Å². The van der Waals surface area contributed by atoms with Gasteiger partial charge in [-0.25, -0.2) is 0 Å². The zero-order valence-electron chi connectivity index (χ0n) is 43.7. The van der Waals surface area contributed by atoms with E-state index in [9.17, 15) is 0 Å². The lowest BCUT2D eigenvalue weighted by molar-refractivity contribution is 0.312. The van der Waals surface area contributed by atoms with Gasteiger partial charge in [-0.3, -0.25) is 0 Å². The fraction of sp³-hybridized carbons (Fsp3) is 0.261. The summed E-state index contributed by atoms with van der Waals surface area (Å²) in [7, 11) is 0. The first-order valence-corrected chi connectivity index (χ1v) is 28.8. The van der Waals surface area contributed by atoms with Gasteiger partial charge in [0.2, 0.25) is 0 Å². The van der Waals surface area contributed by atoms with Crippen LogP contribution in [0.15, 0.2) is 234 Å². The fourth-order valence-corrected chi connectivity index (χ4v) is 15.5. The molecule has 0 fully saturated rings. The van der Waals surface area contributed by atoms with Crippen molar-refractivity contribution in [1.29, 1.82) is 0 Å². The molecule has 3 nitrogen and oxygen atoms in total. The minimum absolute atomic E-state index is 0.0523. The summed E-state index contributed by atoms with van der Waals surface area (Å²) in [6, 6.07) is 60.5. The molecule has 7 aromatic rings. The van der Waals surface area contributed by atoms with Crippen molar-refractivity contribution < 1.29 is 0 Å². The number of fused-ring (bicyclic) bond motifs is 4. The van der Waals surface area contributed by atoms with Crippen LogP contribution in [0.3, 0.4) is 0 Å². The molecule has 0 N–H and O–H groups in total. The number of anilines is 3. The largest absolute Gasteiger partial charge is 0.344 e. The Hall–Kier alpha value is -6.50. The van der Waals surface area contributed by atoms with Gasteiger partial charge in [-0.15, -0.1) is 0 Å². The van der Waals surface area contributed by atoms with E-state index in [0.717, 1.165) is 58.0 Å². The molecule has 0 amide bonds. The molecule has 73 heavy (non-hydrogen) atoms. The van der Waals surface area contributed by atoms with Crippen molar-refractivity contribution in [2.75, 3.05) is 22.9 Å². The van der Waals surface area contributed by atoms with Crippen LogP contribution in [0, 0.1) is 18.3 Å². The molecule has 2 heterocycles. The van der Waals surface area contributed by atoms with Crippen LogP contribution in [-0.2, 0) is 18.3 Å². The van der Waals surface area contributed by atoms with Crippen LogP contribution in [0.1, 0.15) is 89.0 Å². The zero-order valence-corrected chi connectivity index (χ0v) is 45.9. The van der Waals surface area contributed by atoms with Crippen molar-refractivity contribution in [1.82, 2.24) is 3.11 Å². The summed E-state index contributed by atoms with van der Waals surface area (Å²) in [5, 5.41) is 5.42. The molecule has 7 aromatic carbocycles. The number of rotatable bonds is 14. The molecule has 0 radical (unpaired) electrons. The maximum absolute atomic E-state index is 2.83. The first-order chi connectivity index (χ1) is 35.5. The van der Waals surface area contributed by atoms with Gasteiger partial charge in [0.15, 0.2) is 0 Å².